The quantitative estimate of drug-likeness (QED) is 0.624. The Morgan fingerprint density at radius 2 is 1.84 bits per heavy atom. The van der Waals surface area contributed by atoms with Gasteiger partial charge in [-0.3, -0.25) is 9.59 Å². The van der Waals surface area contributed by atoms with E-state index >= 15 is 0 Å². The van der Waals surface area contributed by atoms with Gasteiger partial charge in [-0.05, 0) is 32.2 Å². The van der Waals surface area contributed by atoms with Crippen LogP contribution in [0.2, 0.25) is 0 Å². The van der Waals surface area contributed by atoms with Crippen LogP contribution < -0.4 is 16.0 Å². The molecule has 2 amide bonds. The van der Waals surface area contributed by atoms with Crippen LogP contribution >= 0.6 is 12.4 Å². The highest BCUT2D eigenvalue weighted by Gasteiger charge is 2.15. The van der Waals surface area contributed by atoms with Gasteiger partial charge in [0.2, 0.25) is 11.8 Å². The highest BCUT2D eigenvalue weighted by atomic mass is 35.5. The Morgan fingerprint density at radius 1 is 1.16 bits per heavy atom. The van der Waals surface area contributed by atoms with Gasteiger partial charge in [-0.15, -0.1) is 12.4 Å². The van der Waals surface area contributed by atoms with E-state index in [1.54, 1.807) is 0 Å². The zero-order valence-electron chi connectivity index (χ0n) is 11.7. The number of carbonyl (C=O) groups excluding carboxylic acids is 2. The molecular weight excluding hydrogens is 266 g/mol. The molecule has 0 aliphatic carbocycles. The molecule has 1 aliphatic rings. The molecule has 0 aromatic rings. The van der Waals surface area contributed by atoms with Crippen LogP contribution in [0.15, 0.2) is 0 Å². The third-order valence-electron chi connectivity index (χ3n) is 3.13. The van der Waals surface area contributed by atoms with Gasteiger partial charge in [0, 0.05) is 32.0 Å². The maximum absolute atomic E-state index is 11.5. The summed E-state index contributed by atoms with van der Waals surface area (Å²) in [6, 6.07) is 0.503. The highest BCUT2D eigenvalue weighted by Crippen LogP contribution is 2.10. The second-order valence-electron chi connectivity index (χ2n) is 4.78. The fourth-order valence-corrected chi connectivity index (χ4v) is 2.07. The van der Waals surface area contributed by atoms with Crippen molar-refractivity contribution in [2.45, 2.75) is 51.5 Å². The highest BCUT2D eigenvalue weighted by molar-refractivity contribution is 5.85. The zero-order valence-corrected chi connectivity index (χ0v) is 12.5. The van der Waals surface area contributed by atoms with Crippen LogP contribution in [-0.2, 0) is 9.59 Å². The third-order valence-corrected chi connectivity index (χ3v) is 3.13. The molecule has 0 aromatic carbocycles. The van der Waals surface area contributed by atoms with Gasteiger partial charge in [0.05, 0.1) is 0 Å². The van der Waals surface area contributed by atoms with Crippen molar-refractivity contribution in [2.75, 3.05) is 19.6 Å². The summed E-state index contributed by atoms with van der Waals surface area (Å²) < 4.78 is 0. The Bertz CT molecular complexity index is 269. The zero-order chi connectivity index (χ0) is 13.2. The van der Waals surface area contributed by atoms with Crippen LogP contribution in [0.4, 0.5) is 0 Å². The lowest BCUT2D eigenvalue weighted by molar-refractivity contribution is -0.122. The Hall–Kier alpha value is -0.810. The molecule has 0 radical (unpaired) electrons. The van der Waals surface area contributed by atoms with Crippen molar-refractivity contribution in [3.05, 3.63) is 0 Å². The lowest BCUT2D eigenvalue weighted by atomic mass is 10.1. The van der Waals surface area contributed by atoms with Crippen molar-refractivity contribution < 1.29 is 9.59 Å². The normalized spacial score (nSPS) is 17.6. The molecule has 0 bridgehead atoms. The van der Waals surface area contributed by atoms with Crippen molar-refractivity contribution in [1.82, 2.24) is 16.0 Å². The Labute approximate surface area is 121 Å². The van der Waals surface area contributed by atoms with Gasteiger partial charge in [-0.2, -0.15) is 0 Å². The maximum atomic E-state index is 11.5. The maximum Gasteiger partial charge on any atom is 0.221 e. The van der Waals surface area contributed by atoms with E-state index in [1.807, 2.05) is 6.92 Å². The van der Waals surface area contributed by atoms with E-state index in [4.69, 9.17) is 0 Å². The summed E-state index contributed by atoms with van der Waals surface area (Å²) in [5, 5.41) is 8.93. The Morgan fingerprint density at radius 3 is 2.47 bits per heavy atom. The predicted octanol–water partition coefficient (Wildman–Crippen LogP) is 0.973. The van der Waals surface area contributed by atoms with Gasteiger partial charge in [-0.25, -0.2) is 0 Å². The molecule has 0 aromatic heterocycles. The molecule has 1 atom stereocenters. The van der Waals surface area contributed by atoms with E-state index in [0.29, 0.717) is 32.0 Å². The standard InChI is InChI=1S/C13H25N3O2.ClH/c1-2-8-15-13(18)7-10-16-12(17)6-5-11-4-3-9-14-11;/h11,14H,2-10H2,1H3,(H,15,18)(H,16,17);1H. The average molecular weight is 292 g/mol. The fraction of sp³-hybridized carbons (Fsp3) is 0.846. The summed E-state index contributed by atoms with van der Waals surface area (Å²) in [4.78, 5) is 22.8. The molecule has 1 saturated heterocycles. The number of halogens is 1. The molecule has 1 unspecified atom stereocenters. The van der Waals surface area contributed by atoms with Crippen LogP contribution in [0.1, 0.15) is 45.4 Å². The molecule has 0 saturated carbocycles. The SMILES string of the molecule is CCCNC(=O)CCNC(=O)CCC1CCCN1.Cl. The van der Waals surface area contributed by atoms with Crippen molar-refractivity contribution in [3.63, 3.8) is 0 Å². The molecule has 1 heterocycles. The fourth-order valence-electron chi connectivity index (χ4n) is 2.07. The summed E-state index contributed by atoms with van der Waals surface area (Å²) in [5.74, 6) is 0.0570. The first kappa shape index (κ1) is 18.2. The van der Waals surface area contributed by atoms with Crippen LogP contribution in [0.5, 0.6) is 0 Å². The van der Waals surface area contributed by atoms with Crippen molar-refractivity contribution in [1.29, 1.82) is 0 Å². The first-order chi connectivity index (χ1) is 8.72. The third kappa shape index (κ3) is 8.83. The predicted molar refractivity (Wildman–Crippen MR) is 78.4 cm³/mol. The number of hydrogen-bond donors (Lipinski definition) is 3. The largest absolute Gasteiger partial charge is 0.356 e. The summed E-state index contributed by atoms with van der Waals surface area (Å²) in [6.07, 6.45) is 5.14. The molecule has 0 spiro atoms. The summed E-state index contributed by atoms with van der Waals surface area (Å²) >= 11 is 0. The summed E-state index contributed by atoms with van der Waals surface area (Å²) in [5.41, 5.74) is 0. The summed E-state index contributed by atoms with van der Waals surface area (Å²) in [6.45, 7) is 4.23. The van der Waals surface area contributed by atoms with Crippen LogP contribution in [0.25, 0.3) is 0 Å². The van der Waals surface area contributed by atoms with Crippen LogP contribution in [0.3, 0.4) is 0 Å². The molecule has 5 nitrogen and oxygen atoms in total. The van der Waals surface area contributed by atoms with E-state index in [-0.39, 0.29) is 24.2 Å². The topological polar surface area (TPSA) is 70.2 Å². The first-order valence-electron chi connectivity index (χ1n) is 6.99. The lowest BCUT2D eigenvalue weighted by Crippen LogP contribution is -2.32. The number of rotatable bonds is 8. The van der Waals surface area contributed by atoms with Crippen LogP contribution in [0, 0.1) is 0 Å². The molecule has 19 heavy (non-hydrogen) atoms. The molecule has 1 rings (SSSR count). The minimum absolute atomic E-state index is 0. The average Bonchev–Trinajstić information content (AvgIpc) is 2.87. The Kier molecular flexibility index (Phi) is 10.6. The van der Waals surface area contributed by atoms with Gasteiger partial charge >= 0.3 is 0 Å². The van der Waals surface area contributed by atoms with E-state index < -0.39 is 0 Å². The van der Waals surface area contributed by atoms with Crippen LogP contribution in [-0.4, -0.2) is 37.5 Å². The van der Waals surface area contributed by atoms with Gasteiger partial charge in [0.1, 0.15) is 0 Å². The smallest absolute Gasteiger partial charge is 0.221 e. The lowest BCUT2D eigenvalue weighted by Gasteiger charge is -2.10. The van der Waals surface area contributed by atoms with E-state index in [1.165, 1.54) is 12.8 Å². The Balaban J connectivity index is 0.00000324. The van der Waals surface area contributed by atoms with Gasteiger partial charge < -0.3 is 16.0 Å². The van der Waals surface area contributed by atoms with E-state index in [0.717, 1.165) is 19.4 Å². The van der Waals surface area contributed by atoms with E-state index in [9.17, 15) is 9.59 Å². The number of nitrogens with one attached hydrogen (secondary N) is 3. The first-order valence-corrected chi connectivity index (χ1v) is 6.99. The number of amides is 2. The van der Waals surface area contributed by atoms with Crippen molar-refractivity contribution >= 4 is 24.2 Å². The minimum atomic E-state index is 0. The molecule has 1 aliphatic heterocycles. The minimum Gasteiger partial charge on any atom is -0.356 e. The van der Waals surface area contributed by atoms with Gasteiger partial charge in [-0.1, -0.05) is 6.92 Å². The molecule has 1 fully saturated rings. The number of hydrogen-bond acceptors (Lipinski definition) is 3. The van der Waals surface area contributed by atoms with Gasteiger partial charge in [0.15, 0.2) is 0 Å². The molecular formula is C13H26ClN3O2. The molecule has 112 valence electrons. The van der Waals surface area contributed by atoms with Gasteiger partial charge in [0.25, 0.3) is 0 Å². The second kappa shape index (κ2) is 11.1. The molecule has 3 N–H and O–H groups in total. The monoisotopic (exact) mass is 291 g/mol. The van der Waals surface area contributed by atoms with Crippen molar-refractivity contribution in [3.8, 4) is 0 Å². The van der Waals surface area contributed by atoms with Crippen molar-refractivity contribution in [2.24, 2.45) is 0 Å². The number of carbonyl (C=O) groups is 2. The molecule has 6 heteroatoms. The summed E-state index contributed by atoms with van der Waals surface area (Å²) in [7, 11) is 0. The second-order valence-corrected chi connectivity index (χ2v) is 4.78. The van der Waals surface area contributed by atoms with E-state index in [2.05, 4.69) is 16.0 Å².